The summed E-state index contributed by atoms with van der Waals surface area (Å²) in [6, 6.07) is 9.81. The molecule has 2 amide bonds. The molecule has 1 aliphatic rings. The number of benzene rings is 1. The van der Waals surface area contributed by atoms with Crippen LogP contribution in [0, 0.1) is 0 Å². The average Bonchev–Trinajstić information content (AvgIpc) is 3.34. The Labute approximate surface area is 145 Å². The van der Waals surface area contributed by atoms with Gasteiger partial charge >= 0.3 is 6.03 Å². The van der Waals surface area contributed by atoms with Gasteiger partial charge in [-0.2, -0.15) is 5.10 Å². The molecule has 0 radical (unpaired) electrons. The second-order valence-corrected chi connectivity index (χ2v) is 6.28. The van der Waals surface area contributed by atoms with Crippen LogP contribution >= 0.6 is 0 Å². The number of H-pyrrole nitrogens is 1. The van der Waals surface area contributed by atoms with Gasteiger partial charge in [-0.1, -0.05) is 18.2 Å². The van der Waals surface area contributed by atoms with E-state index in [1.54, 1.807) is 6.20 Å². The van der Waals surface area contributed by atoms with Crippen LogP contribution in [0.1, 0.15) is 18.5 Å². The summed E-state index contributed by atoms with van der Waals surface area (Å²) >= 11 is 0. The molecular weight excluding hydrogens is 318 g/mol. The molecule has 0 unspecified atom stereocenters. The topological polar surface area (TPSA) is 84.0 Å². The number of hydrogen-bond acceptors (Lipinski definition) is 3. The van der Waals surface area contributed by atoms with Gasteiger partial charge in [0.25, 0.3) is 0 Å². The van der Waals surface area contributed by atoms with Gasteiger partial charge in [0.15, 0.2) is 0 Å². The van der Waals surface area contributed by atoms with Crippen LogP contribution in [0.2, 0.25) is 0 Å². The molecule has 1 aliphatic heterocycles. The number of hydrogen-bond donors (Lipinski definition) is 3. The zero-order valence-corrected chi connectivity index (χ0v) is 13.9. The minimum absolute atomic E-state index is 0.226. The van der Waals surface area contributed by atoms with Gasteiger partial charge in [-0.3, -0.25) is 4.68 Å². The molecular formula is C18H21N5O2. The van der Waals surface area contributed by atoms with Crippen molar-refractivity contribution >= 4 is 22.6 Å². The number of carbonyl (C=O) groups is 1. The van der Waals surface area contributed by atoms with Gasteiger partial charge in [0.1, 0.15) is 0 Å². The average molecular weight is 339 g/mol. The fraction of sp³-hybridized carbons (Fsp3) is 0.333. The number of fused-ring (bicyclic) bond motifs is 1. The number of amides is 2. The molecule has 3 aromatic rings. The second kappa shape index (κ2) is 6.98. The lowest BCUT2D eigenvalue weighted by molar-refractivity contribution is 0.0940. The largest absolute Gasteiger partial charge is 0.376 e. The van der Waals surface area contributed by atoms with E-state index >= 15 is 0 Å². The van der Waals surface area contributed by atoms with E-state index in [9.17, 15) is 4.79 Å². The summed E-state index contributed by atoms with van der Waals surface area (Å²) in [5, 5.41) is 11.1. The summed E-state index contributed by atoms with van der Waals surface area (Å²) in [4.78, 5) is 15.3. The third-order valence-corrected chi connectivity index (χ3v) is 4.33. The predicted octanol–water partition coefficient (Wildman–Crippen LogP) is 2.87. The molecule has 25 heavy (non-hydrogen) atoms. The van der Waals surface area contributed by atoms with E-state index in [0.29, 0.717) is 12.2 Å². The van der Waals surface area contributed by atoms with Crippen molar-refractivity contribution in [3.05, 3.63) is 48.4 Å². The van der Waals surface area contributed by atoms with Gasteiger partial charge in [-0.15, -0.1) is 0 Å². The van der Waals surface area contributed by atoms with Crippen molar-refractivity contribution in [1.82, 2.24) is 20.1 Å². The number of aromatic amines is 1. The van der Waals surface area contributed by atoms with Crippen LogP contribution in [-0.2, 0) is 17.8 Å². The number of aromatic nitrogens is 3. The molecule has 4 rings (SSSR count). The van der Waals surface area contributed by atoms with Crippen LogP contribution in [0.25, 0.3) is 10.9 Å². The van der Waals surface area contributed by atoms with Gasteiger partial charge in [-0.25, -0.2) is 4.79 Å². The molecule has 0 bridgehead atoms. The zero-order valence-electron chi connectivity index (χ0n) is 13.9. The lowest BCUT2D eigenvalue weighted by Gasteiger charge is -2.08. The fourth-order valence-electron chi connectivity index (χ4n) is 3.10. The summed E-state index contributed by atoms with van der Waals surface area (Å²) in [5.74, 6) is 0. The predicted molar refractivity (Wildman–Crippen MR) is 95.4 cm³/mol. The molecule has 7 nitrogen and oxygen atoms in total. The Balaban J connectivity index is 1.29. The number of carbonyl (C=O) groups excluding carboxylic acids is 1. The highest BCUT2D eigenvalue weighted by atomic mass is 16.5. The smallest absolute Gasteiger partial charge is 0.319 e. The molecule has 130 valence electrons. The number of ether oxygens (including phenoxy) is 1. The van der Waals surface area contributed by atoms with Crippen molar-refractivity contribution in [2.45, 2.75) is 32.0 Å². The fourth-order valence-corrected chi connectivity index (χ4v) is 3.10. The van der Waals surface area contributed by atoms with E-state index < -0.39 is 0 Å². The van der Waals surface area contributed by atoms with Gasteiger partial charge in [0, 0.05) is 24.0 Å². The molecule has 2 aromatic heterocycles. The summed E-state index contributed by atoms with van der Waals surface area (Å²) in [7, 11) is 0. The van der Waals surface area contributed by atoms with E-state index in [4.69, 9.17) is 4.74 Å². The van der Waals surface area contributed by atoms with Crippen LogP contribution in [0.15, 0.2) is 42.7 Å². The first kappa shape index (κ1) is 15.7. The van der Waals surface area contributed by atoms with E-state index in [1.807, 2.05) is 41.2 Å². The molecule has 0 saturated carbocycles. The molecule has 1 aromatic carbocycles. The van der Waals surface area contributed by atoms with Crippen molar-refractivity contribution in [1.29, 1.82) is 0 Å². The maximum absolute atomic E-state index is 12.1. The highest BCUT2D eigenvalue weighted by Gasteiger charge is 2.16. The molecule has 0 aliphatic carbocycles. The molecule has 1 fully saturated rings. The third-order valence-electron chi connectivity index (χ3n) is 4.33. The third kappa shape index (κ3) is 3.83. The summed E-state index contributed by atoms with van der Waals surface area (Å²) in [6.07, 6.45) is 5.87. The standard InChI is InChI=1S/C18H21N5O2/c24-18(19-9-14-8-13-4-1-2-6-17(13)21-14)22-15-10-20-23(11-15)12-16-5-3-7-25-16/h1-2,4,6,8,10-11,16,21H,3,5,7,9,12H2,(H2,19,22,24)/t16-/m1/s1. The SMILES string of the molecule is O=C(NCc1cc2ccccc2[nH]1)Nc1cnn(C[C@H]2CCCO2)c1. The van der Waals surface area contributed by atoms with E-state index in [1.165, 1.54) is 0 Å². The molecule has 1 saturated heterocycles. The van der Waals surface area contributed by atoms with Crippen LogP contribution in [0.3, 0.4) is 0 Å². The Morgan fingerprint density at radius 3 is 3.16 bits per heavy atom. The molecule has 3 N–H and O–H groups in total. The minimum atomic E-state index is -0.254. The second-order valence-electron chi connectivity index (χ2n) is 6.28. The summed E-state index contributed by atoms with van der Waals surface area (Å²) < 4.78 is 7.40. The van der Waals surface area contributed by atoms with E-state index in [2.05, 4.69) is 20.7 Å². The first-order chi connectivity index (χ1) is 12.3. The van der Waals surface area contributed by atoms with Gasteiger partial charge in [0.05, 0.1) is 31.1 Å². The zero-order chi connectivity index (χ0) is 17.1. The van der Waals surface area contributed by atoms with Crippen molar-refractivity contribution in [3.63, 3.8) is 0 Å². The maximum Gasteiger partial charge on any atom is 0.319 e. The van der Waals surface area contributed by atoms with Crippen LogP contribution < -0.4 is 10.6 Å². The van der Waals surface area contributed by atoms with Gasteiger partial charge in [-0.05, 0) is 30.4 Å². The Morgan fingerprint density at radius 2 is 2.32 bits per heavy atom. The minimum Gasteiger partial charge on any atom is -0.376 e. The lowest BCUT2D eigenvalue weighted by atomic mass is 10.2. The Hall–Kier alpha value is -2.80. The Morgan fingerprint density at radius 1 is 1.40 bits per heavy atom. The number of anilines is 1. The van der Waals surface area contributed by atoms with Crippen molar-refractivity contribution in [3.8, 4) is 0 Å². The molecule has 0 spiro atoms. The molecule has 1 atom stereocenters. The normalized spacial score (nSPS) is 17.0. The van der Waals surface area contributed by atoms with E-state index in [0.717, 1.165) is 42.6 Å². The quantitative estimate of drug-likeness (QED) is 0.668. The van der Waals surface area contributed by atoms with Crippen LogP contribution in [0.5, 0.6) is 0 Å². The summed E-state index contributed by atoms with van der Waals surface area (Å²) in [5.41, 5.74) is 2.70. The molecule has 7 heteroatoms. The van der Waals surface area contributed by atoms with Crippen molar-refractivity contribution in [2.24, 2.45) is 0 Å². The van der Waals surface area contributed by atoms with Crippen LogP contribution in [-0.4, -0.2) is 33.5 Å². The summed E-state index contributed by atoms with van der Waals surface area (Å²) in [6.45, 7) is 1.98. The number of nitrogens with one attached hydrogen (secondary N) is 3. The number of rotatable bonds is 5. The van der Waals surface area contributed by atoms with Crippen LogP contribution in [0.4, 0.5) is 10.5 Å². The Kier molecular flexibility index (Phi) is 4.39. The Bertz CT molecular complexity index is 830. The number of para-hydroxylation sites is 1. The van der Waals surface area contributed by atoms with Gasteiger partial charge < -0.3 is 20.4 Å². The first-order valence-corrected chi connectivity index (χ1v) is 8.52. The lowest BCUT2D eigenvalue weighted by Crippen LogP contribution is -2.28. The van der Waals surface area contributed by atoms with Crippen molar-refractivity contribution < 1.29 is 9.53 Å². The van der Waals surface area contributed by atoms with Gasteiger partial charge in [0.2, 0.25) is 0 Å². The first-order valence-electron chi connectivity index (χ1n) is 8.52. The monoisotopic (exact) mass is 339 g/mol. The highest BCUT2D eigenvalue weighted by Crippen LogP contribution is 2.16. The van der Waals surface area contributed by atoms with E-state index in [-0.39, 0.29) is 12.1 Å². The maximum atomic E-state index is 12.1. The molecule has 3 heterocycles. The number of urea groups is 1. The highest BCUT2D eigenvalue weighted by molar-refractivity contribution is 5.89. The van der Waals surface area contributed by atoms with Crippen molar-refractivity contribution in [2.75, 3.05) is 11.9 Å². The number of nitrogens with zero attached hydrogens (tertiary/aromatic N) is 2.